The molecule has 2 heterocycles. The summed E-state index contributed by atoms with van der Waals surface area (Å²) in [6.45, 7) is 4.80. The standard InChI is InChI=1S/C21H22F2N2O4/c1-13(24-14(2)26)15-3-6-17(7-4-15)27-18-9-10-25(12-18)16-5-8-19-20(11-16)29-21(22,23)28-19/h3-8,11,13,18H,9-10,12H2,1-2H3,(H,24,26). The number of hydrogen-bond acceptors (Lipinski definition) is 5. The van der Waals surface area contributed by atoms with E-state index in [9.17, 15) is 13.6 Å². The largest absolute Gasteiger partial charge is 0.586 e. The van der Waals surface area contributed by atoms with Gasteiger partial charge in [-0.05, 0) is 36.8 Å². The molecule has 154 valence electrons. The van der Waals surface area contributed by atoms with Crippen molar-refractivity contribution in [2.45, 2.75) is 38.7 Å². The molecule has 0 bridgehead atoms. The number of carbonyl (C=O) groups excluding carboxylic acids is 1. The summed E-state index contributed by atoms with van der Waals surface area (Å²) in [4.78, 5) is 13.2. The lowest BCUT2D eigenvalue weighted by Gasteiger charge is -2.19. The molecule has 2 aliphatic heterocycles. The van der Waals surface area contributed by atoms with Crippen LogP contribution in [-0.2, 0) is 4.79 Å². The van der Waals surface area contributed by atoms with Crippen LogP contribution in [0, 0.1) is 0 Å². The predicted molar refractivity (Wildman–Crippen MR) is 103 cm³/mol. The Kier molecular flexibility index (Phi) is 4.94. The highest BCUT2D eigenvalue weighted by Crippen LogP contribution is 2.43. The summed E-state index contributed by atoms with van der Waals surface area (Å²) in [5, 5.41) is 2.85. The summed E-state index contributed by atoms with van der Waals surface area (Å²) in [7, 11) is 0. The van der Waals surface area contributed by atoms with Crippen LogP contribution >= 0.6 is 0 Å². The van der Waals surface area contributed by atoms with Crippen molar-refractivity contribution in [3.05, 3.63) is 48.0 Å². The van der Waals surface area contributed by atoms with Gasteiger partial charge in [0.25, 0.3) is 0 Å². The normalized spacial score (nSPS) is 20.4. The molecule has 0 radical (unpaired) electrons. The maximum absolute atomic E-state index is 13.2. The Labute approximate surface area is 167 Å². The first kappa shape index (κ1) is 19.3. The molecule has 1 N–H and O–H groups in total. The van der Waals surface area contributed by atoms with Crippen LogP contribution in [0.3, 0.4) is 0 Å². The second kappa shape index (κ2) is 7.42. The van der Waals surface area contributed by atoms with Crippen molar-refractivity contribution in [3.63, 3.8) is 0 Å². The number of rotatable bonds is 5. The zero-order valence-electron chi connectivity index (χ0n) is 16.2. The van der Waals surface area contributed by atoms with Gasteiger partial charge in [0.15, 0.2) is 11.5 Å². The number of halogens is 2. The molecule has 2 aliphatic rings. The van der Waals surface area contributed by atoms with Crippen LogP contribution in [0.1, 0.15) is 31.9 Å². The quantitative estimate of drug-likeness (QED) is 0.820. The fourth-order valence-electron chi connectivity index (χ4n) is 3.61. The Morgan fingerprint density at radius 2 is 1.93 bits per heavy atom. The number of fused-ring (bicyclic) bond motifs is 1. The Morgan fingerprint density at radius 3 is 2.66 bits per heavy atom. The minimum atomic E-state index is -3.61. The van der Waals surface area contributed by atoms with E-state index in [1.165, 1.54) is 13.0 Å². The molecular weight excluding hydrogens is 382 g/mol. The average molecular weight is 404 g/mol. The number of amides is 1. The molecule has 6 nitrogen and oxygen atoms in total. The van der Waals surface area contributed by atoms with Crippen molar-refractivity contribution in [2.24, 2.45) is 0 Å². The molecule has 29 heavy (non-hydrogen) atoms. The highest BCUT2D eigenvalue weighted by molar-refractivity contribution is 5.73. The number of nitrogens with one attached hydrogen (secondary N) is 1. The number of nitrogens with zero attached hydrogens (tertiary/aromatic N) is 1. The second-order valence-corrected chi connectivity index (χ2v) is 7.26. The van der Waals surface area contributed by atoms with Gasteiger partial charge >= 0.3 is 6.29 Å². The molecule has 1 amide bonds. The van der Waals surface area contributed by atoms with Crippen molar-refractivity contribution in [3.8, 4) is 17.2 Å². The number of carbonyl (C=O) groups is 1. The molecule has 2 aromatic rings. The van der Waals surface area contributed by atoms with Gasteiger partial charge in [-0.3, -0.25) is 4.79 Å². The summed E-state index contributed by atoms with van der Waals surface area (Å²) in [6.07, 6.45) is -2.81. The summed E-state index contributed by atoms with van der Waals surface area (Å²) in [5.74, 6) is 0.761. The lowest BCUT2D eigenvalue weighted by atomic mass is 10.1. The first-order valence-corrected chi connectivity index (χ1v) is 9.48. The van der Waals surface area contributed by atoms with E-state index in [4.69, 9.17) is 4.74 Å². The van der Waals surface area contributed by atoms with E-state index in [-0.39, 0.29) is 29.6 Å². The summed E-state index contributed by atoms with van der Waals surface area (Å²) in [6, 6.07) is 12.4. The van der Waals surface area contributed by atoms with Crippen LogP contribution in [0.15, 0.2) is 42.5 Å². The van der Waals surface area contributed by atoms with Crippen LogP contribution in [-0.4, -0.2) is 31.4 Å². The van der Waals surface area contributed by atoms with E-state index < -0.39 is 6.29 Å². The van der Waals surface area contributed by atoms with Gasteiger partial charge in [0.05, 0.1) is 12.6 Å². The van der Waals surface area contributed by atoms with Crippen LogP contribution in [0.4, 0.5) is 14.5 Å². The van der Waals surface area contributed by atoms with Gasteiger partial charge in [-0.1, -0.05) is 12.1 Å². The number of hydrogen-bond donors (Lipinski definition) is 1. The SMILES string of the molecule is CC(=O)NC(C)c1ccc(OC2CCN(c3ccc4c(c3)OC(F)(F)O4)C2)cc1. The van der Waals surface area contributed by atoms with Gasteiger partial charge in [-0.2, -0.15) is 0 Å². The van der Waals surface area contributed by atoms with Gasteiger partial charge in [0, 0.05) is 31.6 Å². The topological polar surface area (TPSA) is 60.0 Å². The number of alkyl halides is 2. The molecule has 0 aromatic heterocycles. The van der Waals surface area contributed by atoms with Gasteiger partial charge < -0.3 is 24.4 Å². The second-order valence-electron chi connectivity index (χ2n) is 7.26. The molecule has 1 fully saturated rings. The van der Waals surface area contributed by atoms with Crippen LogP contribution in [0.2, 0.25) is 0 Å². The maximum Gasteiger partial charge on any atom is 0.586 e. The Bertz CT molecular complexity index is 904. The minimum Gasteiger partial charge on any atom is -0.489 e. The number of ether oxygens (including phenoxy) is 3. The third-order valence-electron chi connectivity index (χ3n) is 5.00. The molecule has 4 rings (SSSR count). The van der Waals surface area contributed by atoms with Crippen molar-refractivity contribution in [1.82, 2.24) is 5.32 Å². The number of anilines is 1. The van der Waals surface area contributed by atoms with E-state index in [0.29, 0.717) is 6.54 Å². The first-order valence-electron chi connectivity index (χ1n) is 9.48. The fraction of sp³-hybridized carbons (Fsp3) is 0.381. The van der Waals surface area contributed by atoms with Gasteiger partial charge in [-0.15, -0.1) is 8.78 Å². The minimum absolute atomic E-state index is 0.0134. The Hall–Kier alpha value is -3.03. The Balaban J connectivity index is 1.36. The van der Waals surface area contributed by atoms with Crippen LogP contribution < -0.4 is 24.4 Å². The van der Waals surface area contributed by atoms with E-state index in [1.807, 2.05) is 31.2 Å². The van der Waals surface area contributed by atoms with Crippen molar-refractivity contribution >= 4 is 11.6 Å². The number of benzene rings is 2. The predicted octanol–water partition coefficient (Wildman–Crippen LogP) is 3.86. The third kappa shape index (κ3) is 4.36. The monoisotopic (exact) mass is 404 g/mol. The molecule has 0 saturated carbocycles. The third-order valence-corrected chi connectivity index (χ3v) is 5.00. The lowest BCUT2D eigenvalue weighted by molar-refractivity contribution is -0.286. The molecular formula is C21H22F2N2O4. The van der Waals surface area contributed by atoms with Gasteiger partial charge in [-0.25, -0.2) is 0 Å². The van der Waals surface area contributed by atoms with Crippen molar-refractivity contribution in [2.75, 3.05) is 18.0 Å². The highest BCUT2D eigenvalue weighted by Gasteiger charge is 2.43. The zero-order chi connectivity index (χ0) is 20.6. The molecule has 1 saturated heterocycles. The van der Waals surface area contributed by atoms with E-state index in [1.54, 1.807) is 12.1 Å². The van der Waals surface area contributed by atoms with Crippen LogP contribution in [0.5, 0.6) is 17.2 Å². The van der Waals surface area contributed by atoms with E-state index >= 15 is 0 Å². The molecule has 2 atom stereocenters. The molecule has 2 aromatic carbocycles. The first-order chi connectivity index (χ1) is 13.8. The molecule has 2 unspecified atom stereocenters. The molecule has 0 spiro atoms. The van der Waals surface area contributed by atoms with E-state index in [2.05, 4.69) is 19.7 Å². The van der Waals surface area contributed by atoms with Crippen molar-refractivity contribution in [1.29, 1.82) is 0 Å². The maximum atomic E-state index is 13.2. The smallest absolute Gasteiger partial charge is 0.489 e. The Morgan fingerprint density at radius 1 is 1.21 bits per heavy atom. The van der Waals surface area contributed by atoms with Gasteiger partial charge in [0.1, 0.15) is 11.9 Å². The van der Waals surface area contributed by atoms with Crippen molar-refractivity contribution < 1.29 is 27.8 Å². The van der Waals surface area contributed by atoms with Crippen LogP contribution in [0.25, 0.3) is 0 Å². The summed E-state index contributed by atoms with van der Waals surface area (Å²) in [5.41, 5.74) is 1.79. The van der Waals surface area contributed by atoms with Gasteiger partial charge in [0.2, 0.25) is 5.91 Å². The zero-order valence-corrected chi connectivity index (χ0v) is 16.2. The van der Waals surface area contributed by atoms with E-state index in [0.717, 1.165) is 30.0 Å². The lowest BCUT2D eigenvalue weighted by Crippen LogP contribution is -2.26. The average Bonchev–Trinajstić information content (AvgIpc) is 3.23. The molecule has 0 aliphatic carbocycles. The molecule has 8 heteroatoms. The summed E-state index contributed by atoms with van der Waals surface area (Å²) < 4.78 is 41.4. The fourth-order valence-corrected chi connectivity index (χ4v) is 3.61. The summed E-state index contributed by atoms with van der Waals surface area (Å²) >= 11 is 0. The highest BCUT2D eigenvalue weighted by atomic mass is 19.3.